The number of nitrogens with one attached hydrogen (secondary N) is 2. The molecule has 4 heteroatoms. The van der Waals surface area contributed by atoms with Crippen molar-refractivity contribution in [2.24, 2.45) is 0 Å². The summed E-state index contributed by atoms with van der Waals surface area (Å²) in [5.74, 6) is -0.0887. The highest BCUT2D eigenvalue weighted by atomic mass is 16.3. The summed E-state index contributed by atoms with van der Waals surface area (Å²) in [4.78, 5) is 11.2. The van der Waals surface area contributed by atoms with Crippen molar-refractivity contribution in [1.29, 1.82) is 0 Å². The van der Waals surface area contributed by atoms with Gasteiger partial charge < -0.3 is 15.7 Å². The second-order valence-electron chi connectivity index (χ2n) is 5.88. The SMILES string of the molecule is CC(=O)Nc1ccccc1CNC(C)(C)C(C)(C)O. The third kappa shape index (κ3) is 4.33. The Kier molecular flexibility index (Phi) is 4.71. The van der Waals surface area contributed by atoms with Gasteiger partial charge in [-0.15, -0.1) is 0 Å². The van der Waals surface area contributed by atoms with Gasteiger partial charge in [-0.25, -0.2) is 0 Å². The van der Waals surface area contributed by atoms with E-state index < -0.39 is 11.1 Å². The molecule has 0 aliphatic heterocycles. The van der Waals surface area contributed by atoms with Crippen LogP contribution in [0, 0.1) is 0 Å². The van der Waals surface area contributed by atoms with Crippen molar-refractivity contribution in [3.63, 3.8) is 0 Å². The maximum atomic E-state index is 11.2. The van der Waals surface area contributed by atoms with Crippen molar-refractivity contribution in [3.8, 4) is 0 Å². The summed E-state index contributed by atoms with van der Waals surface area (Å²) in [6, 6.07) is 7.64. The molecule has 0 heterocycles. The maximum Gasteiger partial charge on any atom is 0.221 e. The number of carbonyl (C=O) groups is 1. The molecular formula is C15H24N2O2. The van der Waals surface area contributed by atoms with E-state index in [0.29, 0.717) is 6.54 Å². The summed E-state index contributed by atoms with van der Waals surface area (Å²) in [6.45, 7) is 9.53. The van der Waals surface area contributed by atoms with E-state index in [1.807, 2.05) is 38.1 Å². The van der Waals surface area contributed by atoms with Gasteiger partial charge in [0.1, 0.15) is 0 Å². The number of aliphatic hydroxyl groups is 1. The van der Waals surface area contributed by atoms with Gasteiger partial charge in [0.15, 0.2) is 0 Å². The molecule has 0 atom stereocenters. The third-order valence-corrected chi connectivity index (χ3v) is 3.58. The molecule has 0 aliphatic rings. The lowest BCUT2D eigenvalue weighted by Crippen LogP contribution is -2.55. The largest absolute Gasteiger partial charge is 0.389 e. The molecule has 0 saturated carbocycles. The molecule has 0 fully saturated rings. The molecule has 4 nitrogen and oxygen atoms in total. The Bertz CT molecular complexity index is 448. The molecule has 3 N–H and O–H groups in total. The quantitative estimate of drug-likeness (QED) is 0.764. The molecule has 1 amide bonds. The Labute approximate surface area is 115 Å². The Hall–Kier alpha value is -1.39. The van der Waals surface area contributed by atoms with Crippen LogP contribution in [0.5, 0.6) is 0 Å². The summed E-state index contributed by atoms with van der Waals surface area (Å²) >= 11 is 0. The standard InChI is InChI=1S/C15H24N2O2/c1-11(18)17-13-9-7-6-8-12(13)10-16-14(2,3)15(4,5)19/h6-9,16,19H,10H2,1-5H3,(H,17,18). The van der Waals surface area contributed by atoms with Crippen molar-refractivity contribution >= 4 is 11.6 Å². The number of carbonyl (C=O) groups excluding carboxylic acids is 1. The van der Waals surface area contributed by atoms with Crippen LogP contribution in [0.25, 0.3) is 0 Å². The van der Waals surface area contributed by atoms with Crippen LogP contribution < -0.4 is 10.6 Å². The average molecular weight is 264 g/mol. The van der Waals surface area contributed by atoms with Gasteiger partial charge in [0, 0.05) is 24.7 Å². The van der Waals surface area contributed by atoms with Crippen LogP contribution in [0.1, 0.15) is 40.2 Å². The van der Waals surface area contributed by atoms with Gasteiger partial charge >= 0.3 is 0 Å². The fraction of sp³-hybridized carbons (Fsp3) is 0.533. The topological polar surface area (TPSA) is 61.4 Å². The highest BCUT2D eigenvalue weighted by molar-refractivity contribution is 5.89. The van der Waals surface area contributed by atoms with Gasteiger partial charge in [0.05, 0.1) is 5.60 Å². The molecule has 1 rings (SSSR count). The zero-order valence-electron chi connectivity index (χ0n) is 12.4. The van der Waals surface area contributed by atoms with Gasteiger partial charge in [0.2, 0.25) is 5.91 Å². The van der Waals surface area contributed by atoms with E-state index in [2.05, 4.69) is 10.6 Å². The van der Waals surface area contributed by atoms with Crippen LogP contribution in [-0.4, -0.2) is 22.2 Å². The van der Waals surface area contributed by atoms with Crippen LogP contribution in [0.4, 0.5) is 5.69 Å². The Morgan fingerprint density at radius 1 is 1.21 bits per heavy atom. The second-order valence-corrected chi connectivity index (χ2v) is 5.88. The average Bonchev–Trinajstić information content (AvgIpc) is 2.25. The monoisotopic (exact) mass is 264 g/mol. The lowest BCUT2D eigenvalue weighted by molar-refractivity contribution is -0.114. The number of hydrogen-bond acceptors (Lipinski definition) is 3. The van der Waals surface area contributed by atoms with Gasteiger partial charge in [-0.3, -0.25) is 4.79 Å². The van der Waals surface area contributed by atoms with E-state index in [0.717, 1.165) is 11.3 Å². The Morgan fingerprint density at radius 2 is 1.79 bits per heavy atom. The van der Waals surface area contributed by atoms with Crippen molar-refractivity contribution in [2.75, 3.05) is 5.32 Å². The fourth-order valence-electron chi connectivity index (χ4n) is 1.52. The van der Waals surface area contributed by atoms with Gasteiger partial charge in [-0.05, 0) is 39.3 Å². The summed E-state index contributed by atoms with van der Waals surface area (Å²) in [5.41, 5.74) is 0.524. The van der Waals surface area contributed by atoms with E-state index >= 15 is 0 Å². The first-order chi connectivity index (χ1) is 8.63. The fourth-order valence-corrected chi connectivity index (χ4v) is 1.52. The number of para-hydroxylation sites is 1. The van der Waals surface area contributed by atoms with E-state index in [-0.39, 0.29) is 5.91 Å². The minimum Gasteiger partial charge on any atom is -0.389 e. The lowest BCUT2D eigenvalue weighted by Gasteiger charge is -2.38. The van der Waals surface area contributed by atoms with E-state index in [1.165, 1.54) is 6.92 Å². The van der Waals surface area contributed by atoms with Crippen LogP contribution in [0.2, 0.25) is 0 Å². The highest BCUT2D eigenvalue weighted by Gasteiger charge is 2.34. The van der Waals surface area contributed by atoms with E-state index in [9.17, 15) is 9.90 Å². The van der Waals surface area contributed by atoms with Crippen molar-refractivity contribution < 1.29 is 9.90 Å². The summed E-state index contributed by atoms with van der Waals surface area (Å²) < 4.78 is 0. The number of benzene rings is 1. The Morgan fingerprint density at radius 3 is 2.32 bits per heavy atom. The summed E-state index contributed by atoms with van der Waals surface area (Å²) in [5, 5.41) is 16.2. The number of rotatable bonds is 5. The first kappa shape index (κ1) is 15.7. The first-order valence-electron chi connectivity index (χ1n) is 6.46. The predicted octanol–water partition coefficient (Wildman–Crippen LogP) is 2.28. The maximum absolute atomic E-state index is 11.2. The molecule has 0 aliphatic carbocycles. The molecule has 0 bridgehead atoms. The second kappa shape index (κ2) is 5.72. The Balaban J connectivity index is 2.81. The molecule has 1 aromatic carbocycles. The third-order valence-electron chi connectivity index (χ3n) is 3.58. The lowest BCUT2D eigenvalue weighted by atomic mass is 9.86. The van der Waals surface area contributed by atoms with Crippen LogP contribution in [0.15, 0.2) is 24.3 Å². The first-order valence-corrected chi connectivity index (χ1v) is 6.46. The van der Waals surface area contributed by atoms with Crippen LogP contribution >= 0.6 is 0 Å². The van der Waals surface area contributed by atoms with Gasteiger partial charge in [-0.2, -0.15) is 0 Å². The van der Waals surface area contributed by atoms with Crippen molar-refractivity contribution in [2.45, 2.75) is 52.3 Å². The zero-order valence-corrected chi connectivity index (χ0v) is 12.4. The molecular weight excluding hydrogens is 240 g/mol. The minimum atomic E-state index is -0.837. The highest BCUT2D eigenvalue weighted by Crippen LogP contribution is 2.22. The van der Waals surface area contributed by atoms with E-state index in [4.69, 9.17) is 0 Å². The molecule has 0 saturated heterocycles. The summed E-state index contributed by atoms with van der Waals surface area (Å²) in [6.07, 6.45) is 0. The number of anilines is 1. The molecule has 106 valence electrons. The molecule has 0 radical (unpaired) electrons. The minimum absolute atomic E-state index is 0.0887. The van der Waals surface area contributed by atoms with Crippen LogP contribution in [0.3, 0.4) is 0 Å². The zero-order chi connectivity index (χ0) is 14.7. The molecule has 19 heavy (non-hydrogen) atoms. The smallest absolute Gasteiger partial charge is 0.221 e. The van der Waals surface area contributed by atoms with Crippen molar-refractivity contribution in [1.82, 2.24) is 5.32 Å². The molecule has 0 spiro atoms. The summed E-state index contributed by atoms with van der Waals surface area (Å²) in [7, 11) is 0. The number of amides is 1. The molecule has 0 unspecified atom stereocenters. The molecule has 0 aromatic heterocycles. The van der Waals surface area contributed by atoms with E-state index in [1.54, 1.807) is 13.8 Å². The van der Waals surface area contributed by atoms with Gasteiger partial charge in [-0.1, -0.05) is 18.2 Å². The molecule has 1 aromatic rings. The normalized spacial score (nSPS) is 12.3. The number of hydrogen-bond donors (Lipinski definition) is 3. The van der Waals surface area contributed by atoms with Crippen LogP contribution in [-0.2, 0) is 11.3 Å². The van der Waals surface area contributed by atoms with Gasteiger partial charge in [0.25, 0.3) is 0 Å². The predicted molar refractivity (Wildman–Crippen MR) is 78.0 cm³/mol. The van der Waals surface area contributed by atoms with Crippen molar-refractivity contribution in [3.05, 3.63) is 29.8 Å².